The van der Waals surface area contributed by atoms with Gasteiger partial charge in [0, 0.05) is 59.4 Å². The highest BCUT2D eigenvalue weighted by molar-refractivity contribution is 5.83. The zero-order chi connectivity index (χ0) is 41.8. The second kappa shape index (κ2) is 44.9. The highest BCUT2D eigenvalue weighted by Gasteiger charge is 2.19. The second-order valence-electron chi connectivity index (χ2n) is 17.1. The maximum Gasteiger partial charge on any atom is 0.223 e. The van der Waals surface area contributed by atoms with Crippen LogP contribution in [0.4, 0.5) is 0 Å². The number of ether oxygens (including phenoxy) is 3. The minimum Gasteiger partial charge on any atom is -0.400 e. The van der Waals surface area contributed by atoms with Crippen LogP contribution in [0.1, 0.15) is 228 Å². The largest absolute Gasteiger partial charge is 0.400 e. The lowest BCUT2D eigenvalue weighted by atomic mass is 10.0. The van der Waals surface area contributed by atoms with Crippen LogP contribution in [0.25, 0.3) is 0 Å². The Morgan fingerprint density at radius 1 is 0.554 bits per heavy atom. The van der Waals surface area contributed by atoms with Gasteiger partial charge in [-0.2, -0.15) is 0 Å². The molecule has 0 atom stereocenters. The summed E-state index contributed by atoms with van der Waals surface area (Å²) in [5.74, 6) is 0.577. The molecule has 8 heteroatoms. The minimum absolute atomic E-state index is 0.00719. The Hall–Kier alpha value is -1.22. The molecular formula is C48H98N2O6. The quantitative estimate of drug-likeness (QED) is 0.0596. The number of amides is 2. The van der Waals surface area contributed by atoms with E-state index in [1.165, 1.54) is 141 Å². The summed E-state index contributed by atoms with van der Waals surface area (Å²) in [4.78, 5) is 27.7. The Balaban J connectivity index is 0. The van der Waals surface area contributed by atoms with Crippen LogP contribution in [-0.2, 0) is 23.8 Å². The molecule has 0 saturated heterocycles. The molecule has 0 heterocycles. The fraction of sp³-hybridized carbons (Fsp3) is 0.958. The number of hydrogen-bond acceptors (Lipinski definition) is 6. The number of nitrogens with one attached hydrogen (secondary N) is 1. The molecule has 56 heavy (non-hydrogen) atoms. The van der Waals surface area contributed by atoms with Crippen LogP contribution in [0.3, 0.4) is 0 Å². The first-order valence-corrected chi connectivity index (χ1v) is 24.0. The van der Waals surface area contributed by atoms with E-state index in [4.69, 9.17) is 19.3 Å². The lowest BCUT2D eigenvalue weighted by Gasteiger charge is -2.26. The number of carbonyl (C=O) groups excluding carboxylic acids is 2. The molecule has 0 unspecified atom stereocenters. The number of rotatable bonds is 43. The van der Waals surface area contributed by atoms with E-state index in [1.54, 1.807) is 0 Å². The average Bonchev–Trinajstić information content (AvgIpc) is 3.18. The van der Waals surface area contributed by atoms with Crippen molar-refractivity contribution in [2.45, 2.75) is 233 Å². The van der Waals surface area contributed by atoms with E-state index in [-0.39, 0.29) is 30.3 Å². The molecular weight excluding hydrogens is 701 g/mol. The first kappa shape index (κ1) is 56.9. The van der Waals surface area contributed by atoms with Crippen molar-refractivity contribution < 1.29 is 28.9 Å². The van der Waals surface area contributed by atoms with E-state index in [1.807, 2.05) is 4.90 Å². The monoisotopic (exact) mass is 799 g/mol. The summed E-state index contributed by atoms with van der Waals surface area (Å²) in [6.45, 7) is 18.2. The molecule has 0 saturated carbocycles. The van der Waals surface area contributed by atoms with Crippen LogP contribution in [0.15, 0.2) is 0 Å². The summed E-state index contributed by atoms with van der Waals surface area (Å²) in [6, 6.07) is 0. The van der Waals surface area contributed by atoms with Crippen molar-refractivity contribution in [2.24, 2.45) is 5.92 Å². The Morgan fingerprint density at radius 3 is 1.34 bits per heavy atom. The van der Waals surface area contributed by atoms with Gasteiger partial charge in [0.2, 0.25) is 11.8 Å². The van der Waals surface area contributed by atoms with Crippen molar-refractivity contribution in [1.29, 1.82) is 0 Å². The van der Waals surface area contributed by atoms with E-state index in [9.17, 15) is 9.59 Å². The van der Waals surface area contributed by atoms with Gasteiger partial charge in [-0.25, -0.2) is 0 Å². The van der Waals surface area contributed by atoms with Gasteiger partial charge in [-0.05, 0) is 51.9 Å². The zero-order valence-corrected chi connectivity index (χ0v) is 38.7. The topological polar surface area (TPSA) is 97.3 Å². The third-order valence-corrected chi connectivity index (χ3v) is 10.7. The van der Waals surface area contributed by atoms with Gasteiger partial charge in [-0.15, -0.1) is 0 Å². The molecule has 0 aliphatic rings. The molecule has 8 nitrogen and oxygen atoms in total. The molecule has 0 fully saturated rings. The minimum atomic E-state index is -0.194. The molecule has 0 aromatic rings. The van der Waals surface area contributed by atoms with Gasteiger partial charge in [-0.1, -0.05) is 169 Å². The molecule has 0 radical (unpaired) electrons. The third kappa shape index (κ3) is 43.9. The lowest BCUT2D eigenvalue weighted by Crippen LogP contribution is -2.37. The molecule has 2 amide bonds. The van der Waals surface area contributed by atoms with Crippen molar-refractivity contribution in [3.63, 3.8) is 0 Å². The maximum atomic E-state index is 13.2. The van der Waals surface area contributed by atoms with Crippen LogP contribution in [0.2, 0.25) is 0 Å². The first-order chi connectivity index (χ1) is 27.2. The van der Waals surface area contributed by atoms with Gasteiger partial charge in [-0.3, -0.25) is 9.59 Å². The molecule has 0 rings (SSSR count). The maximum absolute atomic E-state index is 13.2. The van der Waals surface area contributed by atoms with Crippen LogP contribution in [0.5, 0.6) is 0 Å². The molecule has 0 aliphatic heterocycles. The van der Waals surface area contributed by atoms with Crippen LogP contribution in [0, 0.1) is 5.92 Å². The molecule has 0 spiro atoms. The lowest BCUT2D eigenvalue weighted by molar-refractivity contribution is -0.135. The van der Waals surface area contributed by atoms with Crippen LogP contribution in [-0.4, -0.2) is 87.2 Å². The van der Waals surface area contributed by atoms with Crippen molar-refractivity contribution in [1.82, 2.24) is 10.2 Å². The van der Waals surface area contributed by atoms with Gasteiger partial charge in [0.15, 0.2) is 0 Å². The molecule has 336 valence electrons. The molecule has 0 aliphatic carbocycles. The average molecular weight is 799 g/mol. The highest BCUT2D eigenvalue weighted by atomic mass is 16.5. The van der Waals surface area contributed by atoms with Gasteiger partial charge in [0.05, 0.1) is 18.8 Å². The Kier molecular flexibility index (Phi) is 45.6. The smallest absolute Gasteiger partial charge is 0.223 e. The summed E-state index contributed by atoms with van der Waals surface area (Å²) >= 11 is 0. The first-order valence-electron chi connectivity index (χ1n) is 24.0. The summed E-state index contributed by atoms with van der Waals surface area (Å²) < 4.78 is 18.0. The van der Waals surface area contributed by atoms with E-state index in [2.05, 4.69) is 46.9 Å². The number of unbranched alkanes of at least 4 members (excludes halogenated alkanes) is 22. The van der Waals surface area contributed by atoms with Gasteiger partial charge < -0.3 is 29.5 Å². The van der Waals surface area contributed by atoms with E-state index in [0.29, 0.717) is 38.8 Å². The van der Waals surface area contributed by atoms with E-state index in [0.717, 1.165) is 59.0 Å². The van der Waals surface area contributed by atoms with Crippen molar-refractivity contribution in [3.05, 3.63) is 0 Å². The number of nitrogens with zero attached hydrogens (tertiary/aromatic N) is 1. The molecule has 0 aromatic heterocycles. The number of aliphatic hydroxyl groups is 1. The highest BCUT2D eigenvalue weighted by Crippen LogP contribution is 2.18. The van der Waals surface area contributed by atoms with Crippen molar-refractivity contribution >= 4 is 11.8 Å². The Bertz CT molecular complexity index is 775. The molecule has 2 N–H and O–H groups in total. The number of carbonyl (C=O) groups is 2. The molecule has 0 aromatic carbocycles. The van der Waals surface area contributed by atoms with Crippen molar-refractivity contribution in [2.75, 3.05) is 59.8 Å². The summed E-state index contributed by atoms with van der Waals surface area (Å²) in [6.07, 6.45) is 35.1. The number of hydrogen-bond donors (Lipinski definition) is 2. The Labute approximate surface area is 349 Å². The van der Waals surface area contributed by atoms with Crippen LogP contribution < -0.4 is 5.32 Å². The van der Waals surface area contributed by atoms with E-state index < -0.39 is 0 Å². The normalized spacial score (nSPS) is 11.5. The van der Waals surface area contributed by atoms with Gasteiger partial charge >= 0.3 is 0 Å². The zero-order valence-electron chi connectivity index (χ0n) is 38.7. The fourth-order valence-corrected chi connectivity index (χ4v) is 6.86. The predicted octanol–water partition coefficient (Wildman–Crippen LogP) is 12.4. The third-order valence-electron chi connectivity index (χ3n) is 10.7. The predicted molar refractivity (Wildman–Crippen MR) is 239 cm³/mol. The molecule has 0 bridgehead atoms. The van der Waals surface area contributed by atoms with Gasteiger partial charge in [0.1, 0.15) is 0 Å². The van der Waals surface area contributed by atoms with Crippen molar-refractivity contribution in [3.8, 4) is 0 Å². The SMILES string of the molecule is CCCCCCCCCCCCCCOCCN(CCOCCCCCCCCCCCCCC)C(=O)CCC(=O)NCCCC(C)(C)OCCC(C)C.CO. The summed E-state index contributed by atoms with van der Waals surface area (Å²) in [7, 11) is 1.00. The second-order valence-corrected chi connectivity index (χ2v) is 17.1. The summed E-state index contributed by atoms with van der Waals surface area (Å²) in [5.41, 5.74) is -0.194. The van der Waals surface area contributed by atoms with Crippen LogP contribution >= 0.6 is 0 Å². The summed E-state index contributed by atoms with van der Waals surface area (Å²) in [5, 5.41) is 10.0. The van der Waals surface area contributed by atoms with E-state index >= 15 is 0 Å². The van der Waals surface area contributed by atoms with Gasteiger partial charge in [0.25, 0.3) is 0 Å². The fourth-order valence-electron chi connectivity index (χ4n) is 6.86. The standard InChI is InChI=1S/C47H94N2O5.CH4O/c1-7-9-11-13-15-17-19-21-23-25-27-29-39-52-42-37-49(38-43-53-40-30-28-26-24-22-20-18-16-14-12-10-8-2)46(51)33-32-45(50)48-36-31-35-47(5,6)54-41-34-44(3)4;1-2/h44H,7-43H2,1-6H3,(H,48,50);2H,1H3. The number of aliphatic hydroxyl groups excluding tert-OH is 1. The Morgan fingerprint density at radius 2 is 0.946 bits per heavy atom.